The average molecular weight is 585 g/mol. The van der Waals surface area contributed by atoms with Crippen LogP contribution in [0.2, 0.25) is 0 Å². The second kappa shape index (κ2) is 10.9. The van der Waals surface area contributed by atoms with Gasteiger partial charge in [0.1, 0.15) is 6.61 Å². The summed E-state index contributed by atoms with van der Waals surface area (Å²) in [6.07, 6.45) is 1.03. The van der Waals surface area contributed by atoms with Crippen LogP contribution in [-0.4, -0.2) is 44.1 Å². The first-order valence-corrected chi connectivity index (χ1v) is 15.2. The van der Waals surface area contributed by atoms with E-state index in [1.165, 1.54) is 7.11 Å². The Balaban J connectivity index is 1.75. The van der Waals surface area contributed by atoms with Gasteiger partial charge < -0.3 is 24.5 Å². The van der Waals surface area contributed by atoms with Gasteiger partial charge in [-0.25, -0.2) is 4.79 Å². The lowest BCUT2D eigenvalue weighted by molar-refractivity contribution is -0.140. The maximum atomic E-state index is 13.1. The van der Waals surface area contributed by atoms with E-state index in [1.54, 1.807) is 6.92 Å². The summed E-state index contributed by atoms with van der Waals surface area (Å²) in [7, 11) is 1.40. The number of aromatic nitrogens is 4. The Kier molecular flexibility index (Phi) is 7.40. The van der Waals surface area contributed by atoms with Gasteiger partial charge in [0.25, 0.3) is 0 Å². The number of carbonyl (C=O) groups excluding carboxylic acids is 2. The van der Waals surface area contributed by atoms with Crippen molar-refractivity contribution in [2.24, 2.45) is 0 Å². The number of ether oxygens (including phenoxy) is 2. The maximum absolute atomic E-state index is 13.1. The van der Waals surface area contributed by atoms with Gasteiger partial charge >= 0.3 is 11.9 Å². The fraction of sp³-hybridized carbons (Fsp3) is 0.471. The van der Waals surface area contributed by atoms with E-state index in [0.29, 0.717) is 12.0 Å². The highest BCUT2D eigenvalue weighted by molar-refractivity contribution is 6.04. The molecule has 3 aliphatic rings. The molecule has 3 aromatic rings. The van der Waals surface area contributed by atoms with Crippen LogP contribution in [0.25, 0.3) is 22.1 Å². The molecular weight excluding hydrogens is 544 g/mol. The van der Waals surface area contributed by atoms with Gasteiger partial charge in [-0.1, -0.05) is 20.8 Å². The number of nitrogens with one attached hydrogen (secondary N) is 2. The van der Waals surface area contributed by atoms with Crippen LogP contribution in [0.4, 0.5) is 0 Å². The van der Waals surface area contributed by atoms with Crippen LogP contribution in [0, 0.1) is 13.8 Å². The number of carbonyl (C=O) groups is 2. The first-order valence-electron chi connectivity index (χ1n) is 15.2. The predicted molar refractivity (Wildman–Crippen MR) is 164 cm³/mol. The first kappa shape index (κ1) is 29.1. The molecule has 0 saturated heterocycles. The number of methoxy groups -OCH3 is 1. The summed E-state index contributed by atoms with van der Waals surface area (Å²) in [6.45, 7) is 12.3. The fourth-order valence-electron chi connectivity index (χ4n) is 7.26. The normalized spacial score (nSPS) is 21.9. The van der Waals surface area contributed by atoms with Crippen LogP contribution < -0.4 is 0 Å². The lowest BCUT2D eigenvalue weighted by Crippen LogP contribution is -2.15. The summed E-state index contributed by atoms with van der Waals surface area (Å²) in [5.74, 6) is -0.353. The highest BCUT2D eigenvalue weighted by atomic mass is 16.5. The van der Waals surface area contributed by atoms with Gasteiger partial charge in [0.15, 0.2) is 0 Å². The number of aliphatic hydroxyl groups excluding tert-OH is 1. The number of aryl methyl sites for hydroxylation is 2. The van der Waals surface area contributed by atoms with Crippen molar-refractivity contribution < 1.29 is 24.2 Å². The van der Waals surface area contributed by atoms with Crippen molar-refractivity contribution in [2.75, 3.05) is 7.11 Å². The van der Waals surface area contributed by atoms with Crippen molar-refractivity contribution in [1.29, 1.82) is 0 Å². The Labute approximate surface area is 251 Å². The largest absolute Gasteiger partial charge is 0.469 e. The van der Waals surface area contributed by atoms with Crippen LogP contribution in [0.15, 0.2) is 18.2 Å². The van der Waals surface area contributed by atoms with Crippen LogP contribution in [0.1, 0.15) is 132 Å². The Bertz CT molecular complexity index is 1800. The Morgan fingerprint density at radius 1 is 1.02 bits per heavy atom. The van der Waals surface area contributed by atoms with Crippen molar-refractivity contribution in [3.05, 3.63) is 68.8 Å². The molecule has 3 N–H and O–H groups in total. The Morgan fingerprint density at radius 2 is 1.67 bits per heavy atom. The number of hydrogen-bond donors (Lipinski definition) is 3. The zero-order valence-electron chi connectivity index (χ0n) is 25.9. The fourth-order valence-corrected chi connectivity index (χ4v) is 7.26. The third-order valence-corrected chi connectivity index (χ3v) is 9.82. The number of fused-ring (bicyclic) bond motifs is 8. The summed E-state index contributed by atoms with van der Waals surface area (Å²) in [4.78, 5) is 42.7. The number of H-pyrrole nitrogens is 2. The summed E-state index contributed by atoms with van der Waals surface area (Å²) in [5.41, 5.74) is 10.8. The number of aliphatic hydroxyl groups is 1. The monoisotopic (exact) mass is 584 g/mol. The molecule has 5 atom stereocenters. The number of nitrogens with zero attached hydrogens (tertiary/aromatic N) is 2. The molecule has 9 nitrogen and oxygen atoms in total. The molecule has 6 heterocycles. The van der Waals surface area contributed by atoms with Gasteiger partial charge in [0.2, 0.25) is 0 Å². The Hall–Kier alpha value is -3.98. The third-order valence-electron chi connectivity index (χ3n) is 9.82. The molecule has 6 rings (SSSR count). The van der Waals surface area contributed by atoms with Crippen LogP contribution in [0.3, 0.4) is 0 Å². The van der Waals surface area contributed by atoms with Crippen molar-refractivity contribution >= 4 is 34.0 Å². The zero-order valence-corrected chi connectivity index (χ0v) is 25.9. The molecule has 0 aromatic carbocycles. The first-order chi connectivity index (χ1) is 20.5. The highest BCUT2D eigenvalue weighted by Crippen LogP contribution is 2.44. The standard InChI is InChI=1S/C34H40N4O5/c1-8-20-15(2)23-13-28-30(19(6)39)17(4)25(36-28)11-24-16(3)21(9-10-29(40)42-7)32(37-24)22-14-43-34(41)31-18(5)26(38-33(22)31)12-27(20)35-23/h11-13,15-16,19-21,36,38-39H,8-10,14H2,1-7H3/t15-,16+,19?,20-,21+/m1/s1. The number of aromatic amines is 2. The van der Waals surface area contributed by atoms with Crippen LogP contribution in [0.5, 0.6) is 0 Å². The molecule has 0 amide bonds. The molecule has 8 bridgehead atoms. The molecule has 0 spiro atoms. The second-order valence-electron chi connectivity index (χ2n) is 12.3. The average Bonchev–Trinajstić information content (AvgIpc) is 3.65. The molecule has 43 heavy (non-hydrogen) atoms. The van der Waals surface area contributed by atoms with E-state index in [-0.39, 0.29) is 48.6 Å². The molecular formula is C34H40N4O5. The number of hydrogen-bond acceptors (Lipinski definition) is 7. The minimum absolute atomic E-state index is 0.0163. The van der Waals surface area contributed by atoms with E-state index < -0.39 is 6.10 Å². The van der Waals surface area contributed by atoms with Crippen molar-refractivity contribution in [3.8, 4) is 0 Å². The van der Waals surface area contributed by atoms with E-state index in [9.17, 15) is 14.7 Å². The quantitative estimate of drug-likeness (QED) is 0.281. The predicted octanol–water partition coefficient (Wildman–Crippen LogP) is 6.79. The van der Waals surface area contributed by atoms with Gasteiger partial charge in [-0.15, -0.1) is 0 Å². The molecule has 0 radical (unpaired) electrons. The summed E-state index contributed by atoms with van der Waals surface area (Å²) < 4.78 is 10.7. The molecule has 0 aliphatic carbocycles. The molecule has 3 aliphatic heterocycles. The molecule has 1 unspecified atom stereocenters. The van der Waals surface area contributed by atoms with E-state index in [0.717, 1.165) is 73.5 Å². The van der Waals surface area contributed by atoms with E-state index >= 15 is 0 Å². The van der Waals surface area contributed by atoms with E-state index in [4.69, 9.17) is 19.4 Å². The lowest BCUT2D eigenvalue weighted by atomic mass is 9.85. The van der Waals surface area contributed by atoms with Gasteiger partial charge in [-0.2, -0.15) is 0 Å². The van der Waals surface area contributed by atoms with Gasteiger partial charge in [0, 0.05) is 74.9 Å². The Morgan fingerprint density at radius 3 is 2.37 bits per heavy atom. The number of cyclic esters (lactones) is 1. The van der Waals surface area contributed by atoms with Crippen molar-refractivity contribution in [1.82, 2.24) is 19.9 Å². The number of esters is 2. The van der Waals surface area contributed by atoms with Gasteiger partial charge in [0.05, 0.1) is 30.0 Å². The SMILES string of the molecule is CC[C@H]1c2cc3[nH]c4c(c5nc(cc6[nH]c(cc(n2)[C@@H]1C)c(C(C)O)c6C)[C@@H](C)[C@@H]5CCC(=O)OC)COC(=O)c4c3C. The molecule has 0 fully saturated rings. The molecule has 0 saturated carbocycles. The third kappa shape index (κ3) is 4.74. The van der Waals surface area contributed by atoms with Crippen LogP contribution in [-0.2, 0) is 20.9 Å². The molecule has 9 heteroatoms. The zero-order chi connectivity index (χ0) is 30.7. The van der Waals surface area contributed by atoms with Gasteiger partial charge in [-0.3, -0.25) is 14.8 Å². The second-order valence-corrected chi connectivity index (χ2v) is 12.3. The maximum Gasteiger partial charge on any atom is 0.340 e. The van der Waals surface area contributed by atoms with Crippen LogP contribution >= 0.6 is 0 Å². The minimum atomic E-state index is -0.676. The van der Waals surface area contributed by atoms with E-state index in [1.807, 2.05) is 13.8 Å². The van der Waals surface area contributed by atoms with Crippen molar-refractivity contribution in [2.45, 2.75) is 97.2 Å². The van der Waals surface area contributed by atoms with Crippen molar-refractivity contribution in [3.63, 3.8) is 0 Å². The number of rotatable bonds is 5. The minimum Gasteiger partial charge on any atom is -0.469 e. The highest BCUT2D eigenvalue weighted by Gasteiger charge is 2.35. The summed E-state index contributed by atoms with van der Waals surface area (Å²) in [6, 6.07) is 6.18. The summed E-state index contributed by atoms with van der Waals surface area (Å²) in [5, 5.41) is 10.8. The molecule has 3 aromatic heterocycles. The summed E-state index contributed by atoms with van der Waals surface area (Å²) >= 11 is 0. The molecule has 226 valence electrons. The van der Waals surface area contributed by atoms with Gasteiger partial charge in [-0.05, 0) is 62.9 Å². The topological polar surface area (TPSA) is 130 Å². The lowest BCUT2D eigenvalue weighted by Gasteiger charge is -2.19. The van der Waals surface area contributed by atoms with E-state index in [2.05, 4.69) is 48.9 Å². The smallest absolute Gasteiger partial charge is 0.340 e.